The predicted molar refractivity (Wildman–Crippen MR) is 73.3 cm³/mol. The van der Waals surface area contributed by atoms with Crippen LogP contribution in [0.25, 0.3) is 0 Å². The number of aromatic nitrogens is 1. The van der Waals surface area contributed by atoms with Gasteiger partial charge in [0.15, 0.2) is 0 Å². The summed E-state index contributed by atoms with van der Waals surface area (Å²) in [7, 11) is 3.24. The molecule has 6 heteroatoms. The minimum atomic E-state index is -0.552. The second-order valence-corrected chi connectivity index (χ2v) is 6.18. The topological polar surface area (TPSA) is 64.4 Å². The molecule has 1 saturated carbocycles. The zero-order valence-electron chi connectivity index (χ0n) is 11.8. The highest BCUT2D eigenvalue weighted by Crippen LogP contribution is 2.40. The van der Waals surface area contributed by atoms with E-state index in [1.165, 1.54) is 7.11 Å². The summed E-state index contributed by atoms with van der Waals surface area (Å²) in [6.07, 6.45) is 2.47. The number of oxazole rings is 1. The van der Waals surface area contributed by atoms with Gasteiger partial charge in [-0.1, -0.05) is 11.8 Å². The number of likely N-dealkylation sites (N-methyl/N-ethyl adjacent to an activating group) is 1. The molecule has 0 amide bonds. The number of nitrogens with zero attached hydrogens (tertiary/aromatic N) is 1. The molecule has 1 fully saturated rings. The third-order valence-electron chi connectivity index (χ3n) is 3.80. The van der Waals surface area contributed by atoms with Gasteiger partial charge < -0.3 is 14.5 Å². The van der Waals surface area contributed by atoms with Gasteiger partial charge in [-0.3, -0.25) is 4.79 Å². The number of hydrogen-bond donors (Lipinski definition) is 1. The molecule has 0 aliphatic heterocycles. The highest BCUT2D eigenvalue weighted by molar-refractivity contribution is 7.99. The number of carbonyl (C=O) groups excluding carboxylic acids is 1. The number of thioether (sulfide) groups is 1. The molecule has 106 valence electrons. The van der Waals surface area contributed by atoms with Gasteiger partial charge in [0.1, 0.15) is 11.3 Å². The number of esters is 1. The smallest absolute Gasteiger partial charge is 0.326 e. The Kier molecular flexibility index (Phi) is 4.20. The molecular formula is C13H20N2O3S. The van der Waals surface area contributed by atoms with Gasteiger partial charge in [-0.15, -0.1) is 0 Å². The van der Waals surface area contributed by atoms with E-state index in [-0.39, 0.29) is 5.97 Å². The van der Waals surface area contributed by atoms with E-state index >= 15 is 0 Å². The Morgan fingerprint density at radius 2 is 2.32 bits per heavy atom. The first-order chi connectivity index (χ1) is 9.00. The lowest BCUT2D eigenvalue weighted by atomic mass is 9.98. The molecule has 1 aromatic heterocycles. The van der Waals surface area contributed by atoms with Gasteiger partial charge in [-0.2, -0.15) is 0 Å². The molecular weight excluding hydrogens is 264 g/mol. The Hall–Kier alpha value is -1.01. The lowest BCUT2D eigenvalue weighted by Crippen LogP contribution is -2.49. The third kappa shape index (κ3) is 2.79. The fourth-order valence-corrected chi connectivity index (χ4v) is 3.70. The first-order valence-electron chi connectivity index (χ1n) is 6.39. The molecule has 2 unspecified atom stereocenters. The van der Waals surface area contributed by atoms with Crippen molar-refractivity contribution in [1.82, 2.24) is 10.3 Å². The van der Waals surface area contributed by atoms with Crippen molar-refractivity contribution in [3.8, 4) is 0 Å². The minimum absolute atomic E-state index is 0.183. The maximum Gasteiger partial charge on any atom is 0.326 e. The van der Waals surface area contributed by atoms with Crippen molar-refractivity contribution >= 4 is 17.7 Å². The van der Waals surface area contributed by atoms with E-state index in [0.29, 0.717) is 10.5 Å². The summed E-state index contributed by atoms with van der Waals surface area (Å²) in [4.78, 5) is 16.3. The van der Waals surface area contributed by atoms with Gasteiger partial charge in [-0.05, 0) is 40.2 Å². The molecule has 1 aliphatic carbocycles. The summed E-state index contributed by atoms with van der Waals surface area (Å²) in [5.41, 5.74) is 0.372. The van der Waals surface area contributed by atoms with E-state index in [9.17, 15) is 4.79 Å². The Labute approximate surface area is 117 Å². The minimum Gasteiger partial charge on any atom is -0.468 e. The highest BCUT2D eigenvalue weighted by atomic mass is 32.2. The van der Waals surface area contributed by atoms with Crippen molar-refractivity contribution in [2.75, 3.05) is 14.2 Å². The SMILES string of the molecule is CNC1(C(=O)OC)CCC(Sc2nc(C)c(C)o2)C1. The van der Waals surface area contributed by atoms with Crippen molar-refractivity contribution in [3.63, 3.8) is 0 Å². The number of hydrogen-bond acceptors (Lipinski definition) is 6. The van der Waals surface area contributed by atoms with Crippen LogP contribution in [0.1, 0.15) is 30.7 Å². The molecule has 1 heterocycles. The second kappa shape index (κ2) is 5.54. The van der Waals surface area contributed by atoms with Crippen molar-refractivity contribution in [2.24, 2.45) is 0 Å². The van der Waals surface area contributed by atoms with Gasteiger partial charge in [0, 0.05) is 5.25 Å². The van der Waals surface area contributed by atoms with E-state index < -0.39 is 5.54 Å². The van der Waals surface area contributed by atoms with E-state index in [0.717, 1.165) is 30.7 Å². The molecule has 0 bridgehead atoms. The van der Waals surface area contributed by atoms with Crippen LogP contribution in [-0.2, 0) is 9.53 Å². The Morgan fingerprint density at radius 1 is 1.58 bits per heavy atom. The normalized spacial score (nSPS) is 26.6. The third-order valence-corrected chi connectivity index (χ3v) is 4.91. The molecule has 1 aliphatic rings. The van der Waals surface area contributed by atoms with Crippen LogP contribution in [0, 0.1) is 13.8 Å². The van der Waals surface area contributed by atoms with Gasteiger partial charge in [-0.25, -0.2) is 4.98 Å². The number of methoxy groups -OCH3 is 1. The van der Waals surface area contributed by atoms with Crippen LogP contribution in [-0.4, -0.2) is 35.9 Å². The van der Waals surface area contributed by atoms with Crippen molar-refractivity contribution in [2.45, 2.75) is 49.1 Å². The molecule has 1 aromatic rings. The van der Waals surface area contributed by atoms with Gasteiger partial charge in [0.05, 0.1) is 12.8 Å². The maximum absolute atomic E-state index is 11.9. The number of aryl methyl sites for hydroxylation is 2. The lowest BCUT2D eigenvalue weighted by Gasteiger charge is -2.25. The number of ether oxygens (including phenoxy) is 1. The lowest BCUT2D eigenvalue weighted by molar-refractivity contribution is -0.148. The Morgan fingerprint density at radius 3 is 2.84 bits per heavy atom. The average molecular weight is 284 g/mol. The number of nitrogens with one attached hydrogen (secondary N) is 1. The summed E-state index contributed by atoms with van der Waals surface area (Å²) < 4.78 is 10.5. The summed E-state index contributed by atoms with van der Waals surface area (Å²) in [5, 5.41) is 4.14. The molecule has 2 rings (SSSR count). The van der Waals surface area contributed by atoms with Crippen LogP contribution in [0.4, 0.5) is 0 Å². The monoisotopic (exact) mass is 284 g/mol. The summed E-state index contributed by atoms with van der Waals surface area (Å²) in [5.74, 6) is 0.672. The molecule has 0 saturated heterocycles. The fraction of sp³-hybridized carbons (Fsp3) is 0.692. The maximum atomic E-state index is 11.9. The molecule has 0 radical (unpaired) electrons. The van der Waals surface area contributed by atoms with Crippen LogP contribution in [0.2, 0.25) is 0 Å². The molecule has 0 aromatic carbocycles. The fourth-order valence-electron chi connectivity index (χ4n) is 2.45. The van der Waals surface area contributed by atoms with Crippen molar-refractivity contribution in [1.29, 1.82) is 0 Å². The quantitative estimate of drug-likeness (QED) is 0.854. The van der Waals surface area contributed by atoms with E-state index in [1.54, 1.807) is 11.8 Å². The molecule has 0 spiro atoms. The van der Waals surface area contributed by atoms with Crippen molar-refractivity contribution in [3.05, 3.63) is 11.5 Å². The standard InChI is InChI=1S/C13H20N2O3S/c1-8-9(2)18-12(15-8)19-10-5-6-13(7-10,14-3)11(16)17-4/h10,14H,5-7H2,1-4H3. The zero-order valence-corrected chi connectivity index (χ0v) is 12.6. The van der Waals surface area contributed by atoms with Gasteiger partial charge in [0.2, 0.25) is 0 Å². The van der Waals surface area contributed by atoms with E-state index in [2.05, 4.69) is 10.3 Å². The summed E-state index contributed by atoms with van der Waals surface area (Å²) in [6.45, 7) is 3.84. The predicted octanol–water partition coefficient (Wildman–Crippen LogP) is 2.07. The average Bonchev–Trinajstić information content (AvgIpc) is 2.94. The first kappa shape index (κ1) is 14.4. The largest absolute Gasteiger partial charge is 0.468 e. The number of rotatable bonds is 4. The number of carbonyl (C=O) groups is 1. The van der Waals surface area contributed by atoms with E-state index in [4.69, 9.17) is 9.15 Å². The second-order valence-electron chi connectivity index (χ2n) is 4.93. The van der Waals surface area contributed by atoms with Gasteiger partial charge >= 0.3 is 5.97 Å². The Bertz CT molecular complexity index is 455. The van der Waals surface area contributed by atoms with Crippen LogP contribution < -0.4 is 5.32 Å². The van der Waals surface area contributed by atoms with Crippen molar-refractivity contribution < 1.29 is 13.9 Å². The summed E-state index contributed by atoms with van der Waals surface area (Å²) in [6, 6.07) is 0. The molecule has 19 heavy (non-hydrogen) atoms. The molecule has 5 nitrogen and oxygen atoms in total. The van der Waals surface area contributed by atoms with Crippen LogP contribution in [0.15, 0.2) is 9.64 Å². The van der Waals surface area contributed by atoms with Crippen LogP contribution in [0.3, 0.4) is 0 Å². The molecule has 1 N–H and O–H groups in total. The zero-order chi connectivity index (χ0) is 14.0. The van der Waals surface area contributed by atoms with Gasteiger partial charge in [0.25, 0.3) is 5.22 Å². The summed E-state index contributed by atoms with van der Waals surface area (Å²) >= 11 is 1.61. The van der Waals surface area contributed by atoms with Crippen LogP contribution >= 0.6 is 11.8 Å². The first-order valence-corrected chi connectivity index (χ1v) is 7.27. The highest BCUT2D eigenvalue weighted by Gasteiger charge is 2.45. The Balaban J connectivity index is 2.03. The molecule has 2 atom stereocenters. The van der Waals surface area contributed by atoms with Crippen LogP contribution in [0.5, 0.6) is 0 Å². The van der Waals surface area contributed by atoms with E-state index in [1.807, 2.05) is 20.9 Å².